The predicted octanol–water partition coefficient (Wildman–Crippen LogP) is 2.74. The number of pyridine rings is 1. The molecule has 0 bridgehead atoms. The number of hydrogen-bond donors (Lipinski definition) is 2. The van der Waals surface area contributed by atoms with Crippen LogP contribution in [0.2, 0.25) is 0 Å². The van der Waals surface area contributed by atoms with Crippen molar-refractivity contribution >= 4 is 29.9 Å². The van der Waals surface area contributed by atoms with Crippen LogP contribution in [0.4, 0.5) is 0 Å². The Labute approximate surface area is 185 Å². The van der Waals surface area contributed by atoms with E-state index in [1.165, 1.54) is 12.8 Å². The summed E-state index contributed by atoms with van der Waals surface area (Å²) in [5, 5.41) is 6.64. The summed E-state index contributed by atoms with van der Waals surface area (Å²) in [7, 11) is 0. The number of hydrogen-bond acceptors (Lipinski definition) is 5. The van der Waals surface area contributed by atoms with Crippen molar-refractivity contribution < 1.29 is 14.2 Å². The lowest BCUT2D eigenvalue weighted by molar-refractivity contribution is 0.0420. The first-order valence-electron chi connectivity index (χ1n) is 10.1. The fourth-order valence-electron chi connectivity index (χ4n) is 2.80. The number of nitrogens with one attached hydrogen (secondary N) is 2. The van der Waals surface area contributed by atoms with Gasteiger partial charge in [-0.05, 0) is 50.2 Å². The van der Waals surface area contributed by atoms with Crippen LogP contribution in [0, 0.1) is 5.92 Å². The molecule has 1 unspecified atom stereocenters. The number of aromatic nitrogens is 1. The molecule has 28 heavy (non-hydrogen) atoms. The van der Waals surface area contributed by atoms with E-state index in [0.29, 0.717) is 12.4 Å². The second kappa shape index (κ2) is 13.2. The molecule has 2 fully saturated rings. The maximum atomic E-state index is 5.79. The number of ether oxygens (including phenoxy) is 3. The molecule has 7 nitrogen and oxygen atoms in total. The van der Waals surface area contributed by atoms with E-state index in [-0.39, 0.29) is 30.1 Å². The first kappa shape index (κ1) is 23.2. The summed E-state index contributed by atoms with van der Waals surface area (Å²) in [4.78, 5) is 8.94. The summed E-state index contributed by atoms with van der Waals surface area (Å²) < 4.78 is 16.8. The highest BCUT2D eigenvalue weighted by molar-refractivity contribution is 14.0. The minimum atomic E-state index is 0. The van der Waals surface area contributed by atoms with Gasteiger partial charge >= 0.3 is 0 Å². The van der Waals surface area contributed by atoms with Crippen LogP contribution in [-0.4, -0.2) is 56.6 Å². The topological polar surface area (TPSA) is 77.0 Å². The maximum Gasteiger partial charge on any atom is 0.213 e. The quantitative estimate of drug-likeness (QED) is 0.209. The van der Waals surface area contributed by atoms with Crippen molar-refractivity contribution in [1.29, 1.82) is 0 Å². The zero-order valence-electron chi connectivity index (χ0n) is 16.7. The lowest BCUT2D eigenvalue weighted by Crippen LogP contribution is -2.38. The van der Waals surface area contributed by atoms with Crippen LogP contribution < -0.4 is 15.4 Å². The number of nitrogens with zero attached hydrogens (tertiary/aromatic N) is 2. The van der Waals surface area contributed by atoms with Gasteiger partial charge in [0.1, 0.15) is 0 Å². The highest BCUT2D eigenvalue weighted by Crippen LogP contribution is 2.29. The fraction of sp³-hybridized carbons (Fsp3) is 0.700. The van der Waals surface area contributed by atoms with E-state index in [1.54, 1.807) is 6.20 Å². The Hall–Kier alpha value is -1.13. The lowest BCUT2D eigenvalue weighted by atomic mass is 10.3. The molecule has 1 aromatic rings. The molecule has 1 aromatic heterocycles. The van der Waals surface area contributed by atoms with Gasteiger partial charge in [0.25, 0.3) is 0 Å². The largest absolute Gasteiger partial charge is 0.477 e. The van der Waals surface area contributed by atoms with Gasteiger partial charge < -0.3 is 24.8 Å². The SMILES string of the molecule is CCNC(=NCc1ccnc(OCC2CC2)c1)NCCCOC1CCOC1.I. The van der Waals surface area contributed by atoms with E-state index in [2.05, 4.69) is 27.5 Å². The molecular formula is C20H33IN4O3. The van der Waals surface area contributed by atoms with Crippen LogP contribution in [0.5, 0.6) is 5.88 Å². The number of halogens is 1. The Bertz CT molecular complexity index is 593. The van der Waals surface area contributed by atoms with Crippen LogP contribution in [0.3, 0.4) is 0 Å². The Morgan fingerprint density at radius 3 is 2.96 bits per heavy atom. The molecule has 1 saturated heterocycles. The normalized spacial score (nSPS) is 19.2. The van der Waals surface area contributed by atoms with Crippen LogP contribution in [-0.2, 0) is 16.0 Å². The Morgan fingerprint density at radius 2 is 2.21 bits per heavy atom. The zero-order chi connectivity index (χ0) is 18.7. The van der Waals surface area contributed by atoms with Crippen molar-refractivity contribution in [3.8, 4) is 5.88 Å². The van der Waals surface area contributed by atoms with Crippen molar-refractivity contribution in [2.45, 2.75) is 45.3 Å². The van der Waals surface area contributed by atoms with Crippen molar-refractivity contribution in [1.82, 2.24) is 15.6 Å². The Balaban J connectivity index is 0.00000280. The summed E-state index contributed by atoms with van der Waals surface area (Å²) in [6.45, 7) is 7.38. The molecule has 0 aromatic carbocycles. The molecule has 1 atom stereocenters. The molecule has 2 aliphatic rings. The third kappa shape index (κ3) is 8.91. The molecule has 1 aliphatic heterocycles. The van der Waals surface area contributed by atoms with Crippen molar-refractivity contribution in [2.24, 2.45) is 10.9 Å². The second-order valence-electron chi connectivity index (χ2n) is 7.09. The standard InChI is InChI=1S/C20H32N4O3.HI/c1-2-21-20(23-8-3-10-26-18-7-11-25-15-18)24-13-17-6-9-22-19(12-17)27-14-16-4-5-16;/h6,9,12,16,18H,2-5,7-8,10-11,13-15H2,1H3,(H2,21,23,24);1H. The van der Waals surface area contributed by atoms with Gasteiger partial charge in [-0.25, -0.2) is 9.98 Å². The zero-order valence-corrected chi connectivity index (χ0v) is 19.0. The first-order valence-corrected chi connectivity index (χ1v) is 10.1. The fourth-order valence-corrected chi connectivity index (χ4v) is 2.80. The van der Waals surface area contributed by atoms with Gasteiger partial charge in [0, 0.05) is 38.6 Å². The van der Waals surface area contributed by atoms with E-state index in [0.717, 1.165) is 69.8 Å². The first-order chi connectivity index (χ1) is 13.3. The molecule has 0 radical (unpaired) electrons. The van der Waals surface area contributed by atoms with Crippen LogP contribution in [0.25, 0.3) is 0 Å². The lowest BCUT2D eigenvalue weighted by Gasteiger charge is -2.13. The Morgan fingerprint density at radius 1 is 1.32 bits per heavy atom. The van der Waals surface area contributed by atoms with Gasteiger partial charge in [-0.3, -0.25) is 0 Å². The van der Waals surface area contributed by atoms with Gasteiger partial charge in [0.2, 0.25) is 5.88 Å². The minimum absolute atomic E-state index is 0. The second-order valence-corrected chi connectivity index (χ2v) is 7.09. The highest BCUT2D eigenvalue weighted by Gasteiger charge is 2.22. The molecular weight excluding hydrogens is 471 g/mol. The predicted molar refractivity (Wildman–Crippen MR) is 120 cm³/mol. The van der Waals surface area contributed by atoms with E-state index < -0.39 is 0 Å². The third-order valence-electron chi connectivity index (χ3n) is 4.58. The number of guanidine groups is 1. The van der Waals surface area contributed by atoms with Gasteiger partial charge in [-0.2, -0.15) is 0 Å². The van der Waals surface area contributed by atoms with Gasteiger partial charge in [0.15, 0.2) is 5.96 Å². The van der Waals surface area contributed by atoms with E-state index >= 15 is 0 Å². The average Bonchev–Trinajstić information content (AvgIpc) is 3.38. The summed E-state index contributed by atoms with van der Waals surface area (Å²) in [5.74, 6) is 2.24. The maximum absolute atomic E-state index is 5.79. The van der Waals surface area contributed by atoms with Gasteiger partial charge in [-0.1, -0.05) is 0 Å². The minimum Gasteiger partial charge on any atom is -0.477 e. The van der Waals surface area contributed by atoms with Crippen molar-refractivity contribution in [3.05, 3.63) is 23.9 Å². The molecule has 3 rings (SSSR count). The van der Waals surface area contributed by atoms with Crippen molar-refractivity contribution in [3.63, 3.8) is 0 Å². The Kier molecular flexibility index (Phi) is 10.9. The molecule has 1 aliphatic carbocycles. The number of rotatable bonds is 11. The summed E-state index contributed by atoms with van der Waals surface area (Å²) in [5.41, 5.74) is 1.09. The molecule has 1 saturated carbocycles. The average molecular weight is 504 g/mol. The molecule has 2 N–H and O–H groups in total. The van der Waals surface area contributed by atoms with Gasteiger partial charge in [-0.15, -0.1) is 24.0 Å². The van der Waals surface area contributed by atoms with E-state index in [1.807, 2.05) is 12.1 Å². The van der Waals surface area contributed by atoms with E-state index in [4.69, 9.17) is 14.2 Å². The number of aliphatic imine (C=N–C) groups is 1. The molecule has 8 heteroatoms. The summed E-state index contributed by atoms with van der Waals surface area (Å²) in [6, 6.07) is 3.96. The van der Waals surface area contributed by atoms with Crippen molar-refractivity contribution in [2.75, 3.05) is 39.5 Å². The van der Waals surface area contributed by atoms with Crippen LogP contribution >= 0.6 is 24.0 Å². The third-order valence-corrected chi connectivity index (χ3v) is 4.58. The van der Waals surface area contributed by atoms with E-state index in [9.17, 15) is 0 Å². The smallest absolute Gasteiger partial charge is 0.213 e. The van der Waals surface area contributed by atoms with Gasteiger partial charge in [0.05, 0.1) is 25.9 Å². The summed E-state index contributed by atoms with van der Waals surface area (Å²) >= 11 is 0. The molecule has 0 spiro atoms. The van der Waals surface area contributed by atoms with Crippen LogP contribution in [0.1, 0.15) is 38.2 Å². The molecule has 0 amide bonds. The molecule has 2 heterocycles. The summed E-state index contributed by atoms with van der Waals surface area (Å²) in [6.07, 6.45) is 6.57. The highest BCUT2D eigenvalue weighted by atomic mass is 127. The molecule has 158 valence electrons. The monoisotopic (exact) mass is 504 g/mol. The van der Waals surface area contributed by atoms with Crippen LogP contribution in [0.15, 0.2) is 23.3 Å².